The largest absolute Gasteiger partial charge is 0.432 e. The fourth-order valence-electron chi connectivity index (χ4n) is 1.43. The summed E-state index contributed by atoms with van der Waals surface area (Å²) in [4.78, 5) is 11.6. The molecule has 1 heterocycles. The summed E-state index contributed by atoms with van der Waals surface area (Å²) in [6.45, 7) is 2.52. The number of carbonyl (C=O) groups is 1. The number of hydrazine groups is 1. The molecule has 0 aromatic heterocycles. The van der Waals surface area contributed by atoms with E-state index < -0.39 is 12.5 Å². The van der Waals surface area contributed by atoms with E-state index in [4.69, 9.17) is 9.47 Å². The van der Waals surface area contributed by atoms with Gasteiger partial charge in [0.05, 0.1) is 12.3 Å². The minimum absolute atomic E-state index is 0.474. The molecule has 1 unspecified atom stereocenters. The zero-order valence-electron chi connectivity index (χ0n) is 9.35. The molecule has 1 fully saturated rings. The molecule has 2 rings (SSSR count). The molecule has 1 atom stereocenters. The first-order valence-corrected chi connectivity index (χ1v) is 6.14. The zero-order valence-corrected chi connectivity index (χ0v) is 10.9. The van der Waals surface area contributed by atoms with Crippen molar-refractivity contribution in [1.29, 1.82) is 0 Å². The zero-order chi connectivity index (χ0) is 12.3. The predicted octanol–water partition coefficient (Wildman–Crippen LogP) is 2.62. The molecule has 5 nitrogen and oxygen atoms in total. The Morgan fingerprint density at radius 2 is 2.29 bits per heavy atom. The molecule has 0 saturated carbocycles. The standard InChI is InChI=1S/C11H13BrN2O3/c1-2-7-16-10-13-14(11(15)17-10)9-6-4-3-5-8(9)12/h3-6,10,13H,2,7H2,1H3. The number of para-hydroxylation sites is 1. The van der Waals surface area contributed by atoms with Crippen LogP contribution in [0.2, 0.25) is 0 Å². The minimum atomic E-state index is -0.713. The van der Waals surface area contributed by atoms with E-state index in [0.29, 0.717) is 12.3 Å². The average Bonchev–Trinajstić information content (AvgIpc) is 2.68. The van der Waals surface area contributed by atoms with Crippen molar-refractivity contribution in [2.24, 2.45) is 0 Å². The Morgan fingerprint density at radius 3 is 3.00 bits per heavy atom. The molecule has 1 aromatic carbocycles. The van der Waals surface area contributed by atoms with E-state index in [1.54, 1.807) is 6.07 Å². The maximum Gasteiger partial charge on any atom is 0.432 e. The van der Waals surface area contributed by atoms with Gasteiger partial charge in [0.25, 0.3) is 6.41 Å². The first kappa shape index (κ1) is 12.3. The first-order chi connectivity index (χ1) is 8.22. The van der Waals surface area contributed by atoms with Crippen molar-refractivity contribution in [3.05, 3.63) is 28.7 Å². The van der Waals surface area contributed by atoms with Crippen LogP contribution in [0.3, 0.4) is 0 Å². The monoisotopic (exact) mass is 300 g/mol. The molecule has 0 aliphatic carbocycles. The van der Waals surface area contributed by atoms with Crippen LogP contribution in [0.15, 0.2) is 28.7 Å². The summed E-state index contributed by atoms with van der Waals surface area (Å²) in [6, 6.07) is 7.38. The summed E-state index contributed by atoms with van der Waals surface area (Å²) in [6.07, 6.45) is -0.322. The predicted molar refractivity (Wildman–Crippen MR) is 66.3 cm³/mol. The van der Waals surface area contributed by atoms with E-state index in [1.165, 1.54) is 5.01 Å². The molecule has 1 aliphatic rings. The summed E-state index contributed by atoms with van der Waals surface area (Å²) >= 11 is 3.38. The van der Waals surface area contributed by atoms with Gasteiger partial charge in [0.2, 0.25) is 0 Å². The van der Waals surface area contributed by atoms with Gasteiger partial charge in [-0.2, -0.15) is 5.43 Å². The number of hydrogen-bond donors (Lipinski definition) is 1. The van der Waals surface area contributed by atoms with E-state index in [-0.39, 0.29) is 0 Å². The van der Waals surface area contributed by atoms with Crippen molar-refractivity contribution < 1.29 is 14.3 Å². The van der Waals surface area contributed by atoms with Crippen LogP contribution in [-0.4, -0.2) is 19.1 Å². The second-order valence-corrected chi connectivity index (χ2v) is 4.36. The van der Waals surface area contributed by atoms with Gasteiger partial charge in [0.1, 0.15) is 0 Å². The third-order valence-electron chi connectivity index (χ3n) is 2.19. The second kappa shape index (κ2) is 5.48. The van der Waals surface area contributed by atoms with E-state index in [0.717, 1.165) is 10.9 Å². The Balaban J connectivity index is 2.08. The van der Waals surface area contributed by atoms with E-state index in [2.05, 4.69) is 21.4 Å². The van der Waals surface area contributed by atoms with Gasteiger partial charge in [0, 0.05) is 4.47 Å². The molecular weight excluding hydrogens is 288 g/mol. The summed E-state index contributed by atoms with van der Waals surface area (Å²) in [7, 11) is 0. The number of amides is 1. The van der Waals surface area contributed by atoms with Crippen LogP contribution in [0, 0.1) is 0 Å². The lowest BCUT2D eigenvalue weighted by molar-refractivity contribution is -0.0966. The molecule has 1 amide bonds. The number of anilines is 1. The van der Waals surface area contributed by atoms with Crippen molar-refractivity contribution in [3.8, 4) is 0 Å². The van der Waals surface area contributed by atoms with Crippen molar-refractivity contribution in [1.82, 2.24) is 5.43 Å². The Hall–Kier alpha value is -1.11. The minimum Gasteiger partial charge on any atom is -0.402 e. The topological polar surface area (TPSA) is 50.8 Å². The number of nitrogens with zero attached hydrogens (tertiary/aromatic N) is 1. The number of nitrogens with one attached hydrogen (secondary N) is 1. The quantitative estimate of drug-likeness (QED) is 0.929. The molecule has 1 aromatic rings. The normalized spacial score (nSPS) is 19.5. The second-order valence-electron chi connectivity index (χ2n) is 3.50. The number of ether oxygens (including phenoxy) is 2. The Bertz CT molecular complexity index is 413. The lowest BCUT2D eigenvalue weighted by Gasteiger charge is -2.15. The Labute approximate surface area is 108 Å². The molecule has 92 valence electrons. The number of rotatable bonds is 4. The van der Waals surface area contributed by atoms with Crippen molar-refractivity contribution in [2.75, 3.05) is 11.6 Å². The highest BCUT2D eigenvalue weighted by molar-refractivity contribution is 9.10. The number of halogens is 1. The van der Waals surface area contributed by atoms with Gasteiger partial charge >= 0.3 is 6.09 Å². The van der Waals surface area contributed by atoms with Gasteiger partial charge in [-0.1, -0.05) is 19.1 Å². The van der Waals surface area contributed by atoms with Crippen LogP contribution in [-0.2, 0) is 9.47 Å². The lowest BCUT2D eigenvalue weighted by atomic mass is 10.3. The average molecular weight is 301 g/mol. The Kier molecular flexibility index (Phi) is 3.98. The highest BCUT2D eigenvalue weighted by Gasteiger charge is 2.33. The summed E-state index contributed by atoms with van der Waals surface area (Å²) < 4.78 is 11.1. The van der Waals surface area contributed by atoms with Gasteiger partial charge < -0.3 is 9.47 Å². The fourth-order valence-corrected chi connectivity index (χ4v) is 1.89. The Morgan fingerprint density at radius 1 is 1.53 bits per heavy atom. The van der Waals surface area contributed by atoms with Gasteiger partial charge in [0.15, 0.2) is 0 Å². The molecule has 0 spiro atoms. The van der Waals surface area contributed by atoms with E-state index in [1.807, 2.05) is 25.1 Å². The molecule has 1 N–H and O–H groups in total. The molecule has 6 heteroatoms. The molecule has 17 heavy (non-hydrogen) atoms. The van der Waals surface area contributed by atoms with Gasteiger partial charge in [-0.15, -0.1) is 0 Å². The van der Waals surface area contributed by atoms with Gasteiger partial charge in [-0.05, 0) is 34.5 Å². The number of hydrogen-bond acceptors (Lipinski definition) is 4. The van der Waals surface area contributed by atoms with Crippen LogP contribution in [0.1, 0.15) is 13.3 Å². The number of cyclic esters (lactones) is 1. The summed E-state index contributed by atoms with van der Waals surface area (Å²) in [5.74, 6) is 0. The molecular formula is C11H13BrN2O3. The van der Waals surface area contributed by atoms with Crippen molar-refractivity contribution in [3.63, 3.8) is 0 Å². The third-order valence-corrected chi connectivity index (χ3v) is 2.86. The third kappa shape index (κ3) is 2.77. The number of carbonyl (C=O) groups excluding carboxylic acids is 1. The summed E-state index contributed by atoms with van der Waals surface area (Å²) in [5.41, 5.74) is 3.54. The van der Waals surface area contributed by atoms with Crippen molar-refractivity contribution in [2.45, 2.75) is 19.8 Å². The van der Waals surface area contributed by atoms with E-state index in [9.17, 15) is 4.79 Å². The van der Waals surface area contributed by atoms with Crippen LogP contribution < -0.4 is 10.4 Å². The van der Waals surface area contributed by atoms with Gasteiger partial charge in [-0.3, -0.25) is 0 Å². The van der Waals surface area contributed by atoms with Crippen LogP contribution in [0.25, 0.3) is 0 Å². The highest BCUT2D eigenvalue weighted by atomic mass is 79.9. The molecule has 0 radical (unpaired) electrons. The molecule has 1 aliphatic heterocycles. The molecule has 0 bridgehead atoms. The SMILES string of the molecule is CCCOC1NN(c2ccccc2Br)C(=O)O1. The maximum atomic E-state index is 11.6. The van der Waals surface area contributed by atoms with E-state index >= 15 is 0 Å². The van der Waals surface area contributed by atoms with Crippen LogP contribution in [0.5, 0.6) is 0 Å². The smallest absolute Gasteiger partial charge is 0.402 e. The maximum absolute atomic E-state index is 11.6. The van der Waals surface area contributed by atoms with Crippen molar-refractivity contribution >= 4 is 27.7 Å². The fraction of sp³-hybridized carbons (Fsp3) is 0.364. The van der Waals surface area contributed by atoms with Crippen LogP contribution in [0.4, 0.5) is 10.5 Å². The highest BCUT2D eigenvalue weighted by Crippen LogP contribution is 2.27. The lowest BCUT2D eigenvalue weighted by Crippen LogP contribution is -2.38. The summed E-state index contributed by atoms with van der Waals surface area (Å²) in [5, 5.41) is 1.32. The van der Waals surface area contributed by atoms with Crippen LogP contribution >= 0.6 is 15.9 Å². The first-order valence-electron chi connectivity index (χ1n) is 5.35. The van der Waals surface area contributed by atoms with Gasteiger partial charge in [-0.25, -0.2) is 9.80 Å². The molecule has 1 saturated heterocycles. The number of benzene rings is 1.